The number of benzene rings is 2. The SMILES string of the molecule is Cc1ccc(NC(=O)COC(=O)C=Cc2c(F)cccc2Cl)cc1Cl. The molecule has 2 aromatic rings. The van der Waals surface area contributed by atoms with E-state index in [0.717, 1.165) is 11.6 Å². The molecular weight excluding hydrogens is 368 g/mol. The standard InChI is InChI=1S/C18H14Cl2FNO3/c1-11-5-6-12(9-15(11)20)22-17(23)10-25-18(24)8-7-13-14(19)3-2-4-16(13)21/h2-9H,10H2,1H3,(H,22,23). The van der Waals surface area contributed by atoms with Gasteiger partial charge in [0.25, 0.3) is 5.91 Å². The Labute approximate surface area is 154 Å². The number of anilines is 1. The molecule has 0 aliphatic rings. The second-order valence-corrected chi connectivity index (χ2v) is 5.90. The first-order valence-corrected chi connectivity index (χ1v) is 7.97. The second-order valence-electron chi connectivity index (χ2n) is 5.09. The van der Waals surface area contributed by atoms with Crippen molar-refractivity contribution >= 4 is 46.8 Å². The van der Waals surface area contributed by atoms with E-state index in [1.165, 1.54) is 24.3 Å². The molecule has 7 heteroatoms. The highest BCUT2D eigenvalue weighted by Crippen LogP contribution is 2.21. The molecule has 0 aliphatic heterocycles. The topological polar surface area (TPSA) is 55.4 Å². The molecule has 0 bridgehead atoms. The summed E-state index contributed by atoms with van der Waals surface area (Å²) in [5, 5.41) is 3.23. The summed E-state index contributed by atoms with van der Waals surface area (Å²) in [6, 6.07) is 9.20. The van der Waals surface area contributed by atoms with Gasteiger partial charge in [0.1, 0.15) is 5.82 Å². The fraction of sp³-hybridized carbons (Fsp3) is 0.111. The molecule has 0 atom stereocenters. The number of carbonyl (C=O) groups excluding carboxylic acids is 2. The lowest BCUT2D eigenvalue weighted by Crippen LogP contribution is -2.20. The Morgan fingerprint density at radius 3 is 2.64 bits per heavy atom. The van der Waals surface area contributed by atoms with Crippen molar-refractivity contribution in [1.29, 1.82) is 0 Å². The van der Waals surface area contributed by atoms with Crippen molar-refractivity contribution in [2.45, 2.75) is 6.92 Å². The Kier molecular flexibility index (Phi) is 6.56. The molecule has 0 saturated heterocycles. The minimum absolute atomic E-state index is 0.0693. The van der Waals surface area contributed by atoms with Crippen molar-refractivity contribution in [3.63, 3.8) is 0 Å². The predicted octanol–water partition coefficient (Wildman–Crippen LogP) is 4.64. The van der Waals surface area contributed by atoms with Crippen LogP contribution in [0.3, 0.4) is 0 Å². The highest BCUT2D eigenvalue weighted by atomic mass is 35.5. The van der Waals surface area contributed by atoms with Crippen LogP contribution < -0.4 is 5.32 Å². The van der Waals surface area contributed by atoms with Crippen LogP contribution in [0.25, 0.3) is 6.08 Å². The van der Waals surface area contributed by atoms with Crippen molar-refractivity contribution in [1.82, 2.24) is 0 Å². The van der Waals surface area contributed by atoms with E-state index in [1.807, 2.05) is 6.92 Å². The molecule has 0 radical (unpaired) electrons. The molecule has 1 N–H and O–H groups in total. The van der Waals surface area contributed by atoms with E-state index < -0.39 is 24.3 Å². The van der Waals surface area contributed by atoms with Gasteiger partial charge < -0.3 is 10.1 Å². The molecular formula is C18H14Cl2FNO3. The van der Waals surface area contributed by atoms with Crippen LogP contribution in [-0.2, 0) is 14.3 Å². The van der Waals surface area contributed by atoms with Gasteiger partial charge in [-0.25, -0.2) is 9.18 Å². The number of carbonyl (C=O) groups is 2. The largest absolute Gasteiger partial charge is 0.452 e. The zero-order valence-corrected chi connectivity index (χ0v) is 14.7. The average Bonchev–Trinajstić information content (AvgIpc) is 2.56. The molecule has 0 unspecified atom stereocenters. The van der Waals surface area contributed by atoms with Gasteiger partial charge >= 0.3 is 5.97 Å². The summed E-state index contributed by atoms with van der Waals surface area (Å²) in [6.07, 6.45) is 2.19. The number of amides is 1. The maximum Gasteiger partial charge on any atom is 0.331 e. The Balaban J connectivity index is 1.88. The predicted molar refractivity (Wildman–Crippen MR) is 96.2 cm³/mol. The molecule has 130 valence electrons. The van der Waals surface area contributed by atoms with Gasteiger partial charge in [0.15, 0.2) is 6.61 Å². The first-order chi connectivity index (χ1) is 11.9. The third kappa shape index (κ3) is 5.59. The first kappa shape index (κ1) is 19.0. The van der Waals surface area contributed by atoms with E-state index in [9.17, 15) is 14.0 Å². The molecule has 25 heavy (non-hydrogen) atoms. The number of esters is 1. The number of ether oxygens (including phenoxy) is 1. The average molecular weight is 382 g/mol. The van der Waals surface area contributed by atoms with Crippen LogP contribution in [-0.4, -0.2) is 18.5 Å². The first-order valence-electron chi connectivity index (χ1n) is 7.21. The van der Waals surface area contributed by atoms with E-state index in [-0.39, 0.29) is 10.6 Å². The lowest BCUT2D eigenvalue weighted by Gasteiger charge is -2.07. The maximum atomic E-state index is 13.6. The lowest BCUT2D eigenvalue weighted by atomic mass is 10.2. The molecule has 0 aliphatic carbocycles. The monoisotopic (exact) mass is 381 g/mol. The number of halogens is 3. The number of rotatable bonds is 5. The normalized spacial score (nSPS) is 10.7. The van der Waals surface area contributed by atoms with Gasteiger partial charge in [-0.15, -0.1) is 0 Å². The highest BCUT2D eigenvalue weighted by Gasteiger charge is 2.08. The number of hydrogen-bond donors (Lipinski definition) is 1. The van der Waals surface area contributed by atoms with Crippen LogP contribution in [0.5, 0.6) is 0 Å². The molecule has 2 aromatic carbocycles. The van der Waals surface area contributed by atoms with Crippen LogP contribution in [0.4, 0.5) is 10.1 Å². The van der Waals surface area contributed by atoms with Gasteiger partial charge in [0.2, 0.25) is 0 Å². The summed E-state index contributed by atoms with van der Waals surface area (Å²) in [5.41, 5.74) is 1.44. The minimum Gasteiger partial charge on any atom is -0.452 e. The summed E-state index contributed by atoms with van der Waals surface area (Å²) in [7, 11) is 0. The van der Waals surface area contributed by atoms with Gasteiger partial charge in [-0.1, -0.05) is 35.3 Å². The van der Waals surface area contributed by atoms with Crippen molar-refractivity contribution < 1.29 is 18.7 Å². The Morgan fingerprint density at radius 2 is 1.96 bits per heavy atom. The highest BCUT2D eigenvalue weighted by molar-refractivity contribution is 6.32. The fourth-order valence-corrected chi connectivity index (χ4v) is 2.28. The second kappa shape index (κ2) is 8.65. The van der Waals surface area contributed by atoms with Crippen molar-refractivity contribution in [2.75, 3.05) is 11.9 Å². The molecule has 4 nitrogen and oxygen atoms in total. The van der Waals surface area contributed by atoms with E-state index >= 15 is 0 Å². The smallest absolute Gasteiger partial charge is 0.331 e. The van der Waals surface area contributed by atoms with Gasteiger partial charge in [-0.2, -0.15) is 0 Å². The van der Waals surface area contributed by atoms with Crippen LogP contribution in [0.15, 0.2) is 42.5 Å². The number of aryl methyl sites for hydroxylation is 1. The molecule has 0 fully saturated rings. The van der Waals surface area contributed by atoms with E-state index in [4.69, 9.17) is 27.9 Å². The molecule has 0 saturated carbocycles. The maximum absolute atomic E-state index is 13.6. The minimum atomic E-state index is -0.795. The van der Waals surface area contributed by atoms with Crippen LogP contribution in [0.2, 0.25) is 10.0 Å². The summed E-state index contributed by atoms with van der Waals surface area (Å²) in [5.74, 6) is -1.88. The van der Waals surface area contributed by atoms with Crippen LogP contribution in [0.1, 0.15) is 11.1 Å². The van der Waals surface area contributed by atoms with Crippen molar-refractivity contribution in [2.24, 2.45) is 0 Å². The molecule has 1 amide bonds. The van der Waals surface area contributed by atoms with Crippen LogP contribution >= 0.6 is 23.2 Å². The van der Waals surface area contributed by atoms with E-state index in [1.54, 1.807) is 18.2 Å². The summed E-state index contributed by atoms with van der Waals surface area (Å²) >= 11 is 11.8. The summed E-state index contributed by atoms with van der Waals surface area (Å²) in [4.78, 5) is 23.4. The molecule has 0 spiro atoms. The van der Waals surface area contributed by atoms with Gasteiger partial charge in [-0.05, 0) is 42.8 Å². The molecule has 0 heterocycles. The lowest BCUT2D eigenvalue weighted by molar-refractivity contribution is -0.142. The van der Waals surface area contributed by atoms with Gasteiger partial charge in [-0.3, -0.25) is 4.79 Å². The van der Waals surface area contributed by atoms with Crippen molar-refractivity contribution in [3.8, 4) is 0 Å². The third-order valence-electron chi connectivity index (χ3n) is 3.19. The zero-order chi connectivity index (χ0) is 18.4. The summed E-state index contributed by atoms with van der Waals surface area (Å²) in [6.45, 7) is 1.35. The third-order valence-corrected chi connectivity index (χ3v) is 3.92. The van der Waals surface area contributed by atoms with E-state index in [0.29, 0.717) is 10.7 Å². The van der Waals surface area contributed by atoms with E-state index in [2.05, 4.69) is 5.32 Å². The molecule has 0 aromatic heterocycles. The zero-order valence-electron chi connectivity index (χ0n) is 13.2. The Hall–Kier alpha value is -2.37. The fourth-order valence-electron chi connectivity index (χ4n) is 1.87. The Morgan fingerprint density at radius 1 is 1.20 bits per heavy atom. The van der Waals surface area contributed by atoms with Crippen molar-refractivity contribution in [3.05, 3.63) is 69.5 Å². The van der Waals surface area contributed by atoms with Gasteiger partial charge in [0.05, 0.1) is 5.02 Å². The van der Waals surface area contributed by atoms with Crippen LogP contribution in [0, 0.1) is 12.7 Å². The number of hydrogen-bond acceptors (Lipinski definition) is 3. The summed E-state index contributed by atoms with van der Waals surface area (Å²) < 4.78 is 18.4. The quantitative estimate of drug-likeness (QED) is 0.606. The number of nitrogens with one attached hydrogen (secondary N) is 1. The molecule has 2 rings (SSSR count). The van der Waals surface area contributed by atoms with Gasteiger partial charge in [0, 0.05) is 22.3 Å². The Bertz CT molecular complexity index is 817.